The molecule has 0 saturated carbocycles. The van der Waals surface area contributed by atoms with Crippen LogP contribution >= 0.6 is 0 Å². The number of benzene rings is 3. The van der Waals surface area contributed by atoms with Gasteiger partial charge in [0, 0.05) is 26.2 Å². The van der Waals surface area contributed by atoms with Gasteiger partial charge in [-0.05, 0) is 54.8 Å². The molecule has 1 atom stereocenters. The molecule has 32 heavy (non-hydrogen) atoms. The minimum atomic E-state index is -3.53. The van der Waals surface area contributed by atoms with Crippen molar-refractivity contribution in [3.63, 3.8) is 0 Å². The lowest BCUT2D eigenvalue weighted by Gasteiger charge is -2.39. The number of methoxy groups -OCH3 is 1. The van der Waals surface area contributed by atoms with Gasteiger partial charge in [0.05, 0.1) is 18.0 Å². The topological polar surface area (TPSA) is 49.9 Å². The number of hydrogen-bond donors (Lipinski definition) is 0. The van der Waals surface area contributed by atoms with Gasteiger partial charge in [0.2, 0.25) is 10.0 Å². The van der Waals surface area contributed by atoms with Gasteiger partial charge in [-0.3, -0.25) is 4.90 Å². The number of sulfonamides is 1. The van der Waals surface area contributed by atoms with E-state index in [-0.39, 0.29) is 6.04 Å². The second kappa shape index (κ2) is 9.45. The van der Waals surface area contributed by atoms with Gasteiger partial charge >= 0.3 is 0 Å². The van der Waals surface area contributed by atoms with E-state index in [4.69, 9.17) is 4.74 Å². The summed E-state index contributed by atoms with van der Waals surface area (Å²) in [4.78, 5) is 2.70. The number of ether oxygens (including phenoxy) is 1. The van der Waals surface area contributed by atoms with Crippen LogP contribution in [0.5, 0.6) is 5.75 Å². The summed E-state index contributed by atoms with van der Waals surface area (Å²) in [7, 11) is -1.96. The molecule has 0 aromatic heterocycles. The maximum atomic E-state index is 13.2. The highest BCUT2D eigenvalue weighted by Gasteiger charge is 2.32. The van der Waals surface area contributed by atoms with E-state index in [0.717, 1.165) is 0 Å². The second-order valence-electron chi connectivity index (χ2n) is 8.29. The molecular formula is C26H30N2O3S. The van der Waals surface area contributed by atoms with E-state index >= 15 is 0 Å². The van der Waals surface area contributed by atoms with Crippen molar-refractivity contribution in [1.29, 1.82) is 0 Å². The molecule has 0 amide bonds. The van der Waals surface area contributed by atoms with Crippen molar-refractivity contribution < 1.29 is 13.2 Å². The van der Waals surface area contributed by atoms with E-state index in [1.165, 1.54) is 22.3 Å². The van der Waals surface area contributed by atoms with Gasteiger partial charge in [-0.15, -0.1) is 0 Å². The van der Waals surface area contributed by atoms with Gasteiger partial charge in [-0.1, -0.05) is 54.1 Å². The largest absolute Gasteiger partial charge is 0.497 e. The van der Waals surface area contributed by atoms with Crippen molar-refractivity contribution in [1.82, 2.24) is 9.21 Å². The van der Waals surface area contributed by atoms with E-state index in [9.17, 15) is 8.42 Å². The molecule has 0 aliphatic carbocycles. The lowest BCUT2D eigenvalue weighted by atomic mass is 9.92. The average molecular weight is 451 g/mol. The van der Waals surface area contributed by atoms with Crippen LogP contribution < -0.4 is 4.74 Å². The summed E-state index contributed by atoms with van der Waals surface area (Å²) < 4.78 is 33.1. The van der Waals surface area contributed by atoms with E-state index in [2.05, 4.69) is 67.3 Å². The summed E-state index contributed by atoms with van der Waals surface area (Å²) in [6.45, 7) is 6.49. The number of aryl methyl sites for hydroxylation is 2. The molecular weight excluding hydrogens is 420 g/mol. The van der Waals surface area contributed by atoms with Crippen molar-refractivity contribution in [3.8, 4) is 5.75 Å². The van der Waals surface area contributed by atoms with Crippen molar-refractivity contribution in [2.45, 2.75) is 24.8 Å². The fourth-order valence-corrected chi connectivity index (χ4v) is 5.75. The quantitative estimate of drug-likeness (QED) is 0.558. The monoisotopic (exact) mass is 450 g/mol. The summed E-state index contributed by atoms with van der Waals surface area (Å²) in [6, 6.07) is 23.8. The molecule has 1 heterocycles. The molecule has 0 spiro atoms. The van der Waals surface area contributed by atoms with Crippen molar-refractivity contribution in [2.75, 3.05) is 33.3 Å². The summed E-state index contributed by atoms with van der Waals surface area (Å²) in [6.07, 6.45) is 0. The van der Waals surface area contributed by atoms with Gasteiger partial charge in [0.1, 0.15) is 5.75 Å². The van der Waals surface area contributed by atoms with Crippen molar-refractivity contribution in [2.24, 2.45) is 0 Å². The summed E-state index contributed by atoms with van der Waals surface area (Å²) in [5.41, 5.74) is 4.97. The molecule has 5 nitrogen and oxygen atoms in total. The zero-order valence-corrected chi connectivity index (χ0v) is 19.7. The number of piperazine rings is 1. The number of hydrogen-bond acceptors (Lipinski definition) is 4. The van der Waals surface area contributed by atoms with E-state index in [1.807, 2.05) is 0 Å². The predicted octanol–water partition coefficient (Wildman–Crippen LogP) is 4.41. The summed E-state index contributed by atoms with van der Waals surface area (Å²) in [5, 5.41) is 0. The Hall–Kier alpha value is -2.67. The first-order valence-corrected chi connectivity index (χ1v) is 12.3. The molecule has 3 aromatic rings. The zero-order valence-electron chi connectivity index (χ0n) is 18.9. The van der Waals surface area contributed by atoms with Gasteiger partial charge in [0.15, 0.2) is 0 Å². The van der Waals surface area contributed by atoms with Crippen LogP contribution in [0.3, 0.4) is 0 Å². The molecule has 0 radical (unpaired) electrons. The fourth-order valence-electron chi connectivity index (χ4n) is 4.33. The van der Waals surface area contributed by atoms with E-state index in [0.29, 0.717) is 36.8 Å². The van der Waals surface area contributed by atoms with Gasteiger partial charge in [-0.25, -0.2) is 8.42 Å². The highest BCUT2D eigenvalue weighted by atomic mass is 32.2. The Bertz CT molecular complexity index is 1150. The molecule has 4 rings (SSSR count). The van der Waals surface area contributed by atoms with Gasteiger partial charge < -0.3 is 4.74 Å². The van der Waals surface area contributed by atoms with Crippen molar-refractivity contribution >= 4 is 10.0 Å². The van der Waals surface area contributed by atoms with Gasteiger partial charge in [0.25, 0.3) is 0 Å². The van der Waals surface area contributed by atoms with Crippen LogP contribution in [0.25, 0.3) is 0 Å². The average Bonchev–Trinajstić information content (AvgIpc) is 2.82. The molecule has 1 saturated heterocycles. The van der Waals surface area contributed by atoms with Crippen molar-refractivity contribution in [3.05, 3.63) is 95.1 Å². The molecule has 3 aromatic carbocycles. The molecule has 0 N–H and O–H groups in total. The normalized spacial score (nSPS) is 16.6. The standard InChI is InChI=1S/C26H30N2O3S/c1-20-8-10-22(11-9-20)26(25-7-5-4-6-21(25)2)27-16-18-28(19-17-27)32(29,30)24-14-12-23(31-3)13-15-24/h4-15,26H,16-19H2,1-3H3/t26-/m0/s1. The molecule has 0 unspecified atom stereocenters. The van der Waals surface area contributed by atoms with Crippen LogP contribution in [0, 0.1) is 13.8 Å². The first-order chi connectivity index (χ1) is 15.4. The number of rotatable bonds is 6. The third-order valence-electron chi connectivity index (χ3n) is 6.21. The SMILES string of the molecule is COc1ccc(S(=O)(=O)N2CCN([C@@H](c3ccc(C)cc3)c3ccccc3C)CC2)cc1. The lowest BCUT2D eigenvalue weighted by Crippen LogP contribution is -2.49. The third kappa shape index (κ3) is 4.58. The molecule has 0 bridgehead atoms. The lowest BCUT2D eigenvalue weighted by molar-refractivity contribution is 0.155. The smallest absolute Gasteiger partial charge is 0.243 e. The molecule has 1 fully saturated rings. The van der Waals surface area contributed by atoms with E-state index < -0.39 is 10.0 Å². The Morgan fingerprint density at radius 3 is 2.03 bits per heavy atom. The molecule has 168 valence electrons. The first-order valence-electron chi connectivity index (χ1n) is 10.9. The van der Waals surface area contributed by atoms with E-state index in [1.54, 1.807) is 35.7 Å². The highest BCUT2D eigenvalue weighted by Crippen LogP contribution is 2.32. The third-order valence-corrected chi connectivity index (χ3v) is 8.12. The Labute approximate surface area is 191 Å². The Morgan fingerprint density at radius 2 is 1.44 bits per heavy atom. The van der Waals surface area contributed by atoms with Crippen LogP contribution in [0.4, 0.5) is 0 Å². The van der Waals surface area contributed by atoms with Crippen LogP contribution in [0.1, 0.15) is 28.3 Å². The Balaban J connectivity index is 1.57. The fraction of sp³-hybridized carbons (Fsp3) is 0.308. The van der Waals surface area contributed by atoms with Crippen LogP contribution in [-0.2, 0) is 10.0 Å². The summed E-state index contributed by atoms with van der Waals surface area (Å²) >= 11 is 0. The highest BCUT2D eigenvalue weighted by molar-refractivity contribution is 7.89. The number of nitrogens with zero attached hydrogens (tertiary/aromatic N) is 2. The van der Waals surface area contributed by atoms with Crippen LogP contribution in [0.2, 0.25) is 0 Å². The van der Waals surface area contributed by atoms with Crippen LogP contribution in [-0.4, -0.2) is 50.9 Å². The van der Waals surface area contributed by atoms with Gasteiger partial charge in [-0.2, -0.15) is 4.31 Å². The first kappa shape index (κ1) is 22.5. The second-order valence-corrected chi connectivity index (χ2v) is 10.2. The maximum Gasteiger partial charge on any atom is 0.243 e. The maximum absolute atomic E-state index is 13.2. The zero-order chi connectivity index (χ0) is 22.7. The minimum absolute atomic E-state index is 0.0997. The Kier molecular flexibility index (Phi) is 6.65. The molecule has 6 heteroatoms. The molecule has 1 aliphatic heterocycles. The predicted molar refractivity (Wildman–Crippen MR) is 128 cm³/mol. The van der Waals surface area contributed by atoms with Crippen LogP contribution in [0.15, 0.2) is 77.7 Å². The summed E-state index contributed by atoms with van der Waals surface area (Å²) in [5.74, 6) is 0.646. The molecule has 1 aliphatic rings. The Morgan fingerprint density at radius 1 is 0.812 bits per heavy atom. The minimum Gasteiger partial charge on any atom is -0.497 e.